The molecule has 19 heavy (non-hydrogen) atoms. The van der Waals surface area contributed by atoms with E-state index in [0.717, 1.165) is 0 Å². The van der Waals surface area contributed by atoms with Crippen molar-refractivity contribution in [1.82, 2.24) is 10.2 Å². The zero-order valence-electron chi connectivity index (χ0n) is 9.96. The number of nitrogens with one attached hydrogen (secondary N) is 1. The number of hydrogen-bond acceptors (Lipinski definition) is 5. The van der Waals surface area contributed by atoms with Gasteiger partial charge in [-0.2, -0.15) is 5.10 Å². The maximum absolute atomic E-state index is 12.2. The van der Waals surface area contributed by atoms with Crippen molar-refractivity contribution < 1.29 is 8.42 Å². The second-order valence-corrected chi connectivity index (χ2v) is 5.91. The summed E-state index contributed by atoms with van der Waals surface area (Å²) in [5.41, 5.74) is 6.76. The maximum atomic E-state index is 12.2. The third-order valence-electron chi connectivity index (χ3n) is 2.42. The minimum atomic E-state index is -3.85. The number of benzene rings is 1. The third kappa shape index (κ3) is 2.94. The molecule has 0 atom stereocenters. The highest BCUT2D eigenvalue weighted by Crippen LogP contribution is 2.27. The van der Waals surface area contributed by atoms with Gasteiger partial charge in [0.05, 0.1) is 5.02 Å². The van der Waals surface area contributed by atoms with Gasteiger partial charge >= 0.3 is 0 Å². The van der Waals surface area contributed by atoms with Gasteiger partial charge in [0.1, 0.15) is 4.90 Å². The zero-order chi connectivity index (χ0) is 14.0. The highest BCUT2D eigenvalue weighted by molar-refractivity contribution is 7.92. The predicted octanol–water partition coefficient (Wildman–Crippen LogP) is 1.82. The number of halogens is 1. The standard InChI is InChI=1S/C11H11ClN4O2S/c1-7-5-8(12)10(6-9(7)13)19(17,18)16-11-3-2-4-14-15-11/h2-6H,13H2,1H3,(H,15,16). The number of sulfonamides is 1. The van der Waals surface area contributed by atoms with Crippen molar-refractivity contribution in [2.45, 2.75) is 11.8 Å². The van der Waals surface area contributed by atoms with E-state index in [-0.39, 0.29) is 15.7 Å². The molecule has 0 radical (unpaired) electrons. The van der Waals surface area contributed by atoms with Crippen LogP contribution in [-0.2, 0) is 10.0 Å². The summed E-state index contributed by atoms with van der Waals surface area (Å²) in [5.74, 6) is 0.109. The Morgan fingerprint density at radius 2 is 2.11 bits per heavy atom. The summed E-state index contributed by atoms with van der Waals surface area (Å²) in [4.78, 5) is -0.0945. The van der Waals surface area contributed by atoms with Gasteiger partial charge in [-0.1, -0.05) is 11.6 Å². The monoisotopic (exact) mass is 298 g/mol. The molecule has 2 rings (SSSR count). The van der Waals surface area contributed by atoms with Gasteiger partial charge in [-0.15, -0.1) is 5.10 Å². The molecule has 2 aromatic rings. The second kappa shape index (κ2) is 5.02. The van der Waals surface area contributed by atoms with Crippen molar-refractivity contribution in [1.29, 1.82) is 0 Å². The molecule has 0 fully saturated rings. The molecule has 3 N–H and O–H groups in total. The van der Waals surface area contributed by atoms with E-state index in [1.54, 1.807) is 13.0 Å². The van der Waals surface area contributed by atoms with Gasteiger partial charge in [0.25, 0.3) is 10.0 Å². The fourth-order valence-electron chi connectivity index (χ4n) is 1.42. The van der Waals surface area contributed by atoms with Crippen LogP contribution in [0.2, 0.25) is 5.02 Å². The molecule has 0 amide bonds. The van der Waals surface area contributed by atoms with Crippen molar-refractivity contribution >= 4 is 33.1 Å². The predicted molar refractivity (Wildman–Crippen MR) is 73.4 cm³/mol. The largest absolute Gasteiger partial charge is 0.398 e. The van der Waals surface area contributed by atoms with Crippen LogP contribution in [0, 0.1) is 6.92 Å². The Hall–Kier alpha value is -1.86. The van der Waals surface area contributed by atoms with Crippen LogP contribution in [0.15, 0.2) is 35.4 Å². The van der Waals surface area contributed by atoms with Crippen molar-refractivity contribution in [2.24, 2.45) is 0 Å². The normalized spacial score (nSPS) is 11.3. The van der Waals surface area contributed by atoms with Crippen molar-refractivity contribution in [3.63, 3.8) is 0 Å². The Kier molecular flexibility index (Phi) is 3.59. The van der Waals surface area contributed by atoms with Crippen LogP contribution in [-0.4, -0.2) is 18.6 Å². The molecule has 0 aliphatic rings. The van der Waals surface area contributed by atoms with Crippen LogP contribution in [0.1, 0.15) is 5.56 Å². The molecule has 100 valence electrons. The van der Waals surface area contributed by atoms with Crippen molar-refractivity contribution in [3.8, 4) is 0 Å². The Balaban J connectivity index is 2.43. The quantitative estimate of drug-likeness (QED) is 0.842. The van der Waals surface area contributed by atoms with Gasteiger partial charge in [-0.3, -0.25) is 4.72 Å². The summed E-state index contributed by atoms with van der Waals surface area (Å²) in [6.07, 6.45) is 1.44. The molecule has 1 aromatic carbocycles. The average Bonchev–Trinajstić information content (AvgIpc) is 2.34. The summed E-state index contributed by atoms with van der Waals surface area (Å²) < 4.78 is 26.6. The third-order valence-corrected chi connectivity index (χ3v) is 4.24. The summed E-state index contributed by atoms with van der Waals surface area (Å²) in [6, 6.07) is 5.87. The molecule has 0 aliphatic heterocycles. The van der Waals surface area contributed by atoms with E-state index in [2.05, 4.69) is 14.9 Å². The number of nitrogens with zero attached hydrogens (tertiary/aromatic N) is 2. The summed E-state index contributed by atoms with van der Waals surface area (Å²) in [5, 5.41) is 7.33. The summed E-state index contributed by atoms with van der Waals surface area (Å²) in [6.45, 7) is 1.74. The number of hydrogen-bond donors (Lipinski definition) is 2. The van der Waals surface area contributed by atoms with Gasteiger partial charge in [-0.25, -0.2) is 8.42 Å². The topological polar surface area (TPSA) is 98.0 Å². The van der Waals surface area contributed by atoms with Crippen LogP contribution < -0.4 is 10.5 Å². The van der Waals surface area contributed by atoms with Gasteiger partial charge < -0.3 is 5.73 Å². The lowest BCUT2D eigenvalue weighted by Gasteiger charge is -2.10. The molecule has 0 spiro atoms. The van der Waals surface area contributed by atoms with Crippen molar-refractivity contribution in [3.05, 3.63) is 41.0 Å². The van der Waals surface area contributed by atoms with E-state index in [1.165, 1.54) is 24.4 Å². The highest BCUT2D eigenvalue weighted by Gasteiger charge is 2.19. The lowest BCUT2D eigenvalue weighted by Crippen LogP contribution is -2.15. The number of aromatic nitrogens is 2. The highest BCUT2D eigenvalue weighted by atomic mass is 35.5. The van der Waals surface area contributed by atoms with E-state index in [1.807, 2.05) is 0 Å². The van der Waals surface area contributed by atoms with Crippen molar-refractivity contribution in [2.75, 3.05) is 10.5 Å². The van der Waals surface area contributed by atoms with Crippen LogP contribution >= 0.6 is 11.6 Å². The lowest BCUT2D eigenvalue weighted by atomic mass is 10.2. The molecule has 0 saturated carbocycles. The van der Waals surface area contributed by atoms with Crippen LogP contribution in [0.25, 0.3) is 0 Å². The van der Waals surface area contributed by atoms with Gasteiger partial charge in [-0.05, 0) is 36.8 Å². The molecule has 6 nitrogen and oxygen atoms in total. The first-order valence-corrected chi connectivity index (χ1v) is 7.12. The van der Waals surface area contributed by atoms with E-state index in [4.69, 9.17) is 17.3 Å². The first-order chi connectivity index (χ1) is 8.90. The van der Waals surface area contributed by atoms with Crippen LogP contribution in [0.3, 0.4) is 0 Å². The molecule has 0 bridgehead atoms. The van der Waals surface area contributed by atoms with E-state index < -0.39 is 10.0 Å². The number of aryl methyl sites for hydroxylation is 1. The van der Waals surface area contributed by atoms with E-state index >= 15 is 0 Å². The van der Waals surface area contributed by atoms with Crippen LogP contribution in [0.5, 0.6) is 0 Å². The smallest absolute Gasteiger partial charge is 0.264 e. The van der Waals surface area contributed by atoms with Gasteiger partial charge in [0.2, 0.25) is 0 Å². The number of rotatable bonds is 3. The Labute approximate surface area is 115 Å². The molecule has 0 saturated heterocycles. The molecule has 1 heterocycles. The maximum Gasteiger partial charge on any atom is 0.264 e. The molecular formula is C11H11ClN4O2S. The summed E-state index contributed by atoms with van der Waals surface area (Å²) in [7, 11) is -3.85. The van der Waals surface area contributed by atoms with E-state index in [0.29, 0.717) is 11.3 Å². The lowest BCUT2D eigenvalue weighted by molar-refractivity contribution is 0.601. The molecule has 1 aromatic heterocycles. The SMILES string of the molecule is Cc1cc(Cl)c(S(=O)(=O)Nc2cccnn2)cc1N. The zero-order valence-corrected chi connectivity index (χ0v) is 11.5. The molecule has 8 heteroatoms. The second-order valence-electron chi connectivity index (χ2n) is 3.85. The molecule has 0 unspecified atom stereocenters. The van der Waals surface area contributed by atoms with Crippen LogP contribution in [0.4, 0.5) is 11.5 Å². The fourth-order valence-corrected chi connectivity index (χ4v) is 3.04. The minimum absolute atomic E-state index is 0.0945. The first-order valence-electron chi connectivity index (χ1n) is 5.26. The van der Waals surface area contributed by atoms with Gasteiger partial charge in [0, 0.05) is 11.9 Å². The fraction of sp³-hybridized carbons (Fsp3) is 0.0909. The Morgan fingerprint density at radius 3 is 2.74 bits per heavy atom. The van der Waals surface area contributed by atoms with E-state index in [9.17, 15) is 8.42 Å². The summed E-state index contributed by atoms with van der Waals surface area (Å²) >= 11 is 5.94. The number of nitrogen functional groups attached to an aromatic ring is 1. The average molecular weight is 299 g/mol. The Bertz CT molecular complexity index is 704. The number of nitrogens with two attached hydrogens (primary N) is 1. The number of anilines is 2. The molecule has 0 aliphatic carbocycles. The first kappa shape index (κ1) is 13.6. The molecular weight excluding hydrogens is 288 g/mol. The van der Waals surface area contributed by atoms with Gasteiger partial charge in [0.15, 0.2) is 5.82 Å². The minimum Gasteiger partial charge on any atom is -0.398 e. The Morgan fingerprint density at radius 1 is 1.37 bits per heavy atom.